The van der Waals surface area contributed by atoms with Gasteiger partial charge in [0, 0.05) is 23.3 Å². The van der Waals surface area contributed by atoms with E-state index >= 15 is 0 Å². The van der Waals surface area contributed by atoms with Crippen molar-refractivity contribution in [2.75, 3.05) is 0 Å². The highest BCUT2D eigenvalue weighted by Gasteiger charge is 2.19. The molecule has 6 nitrogen and oxygen atoms in total. The van der Waals surface area contributed by atoms with Gasteiger partial charge in [-0.2, -0.15) is 5.10 Å². The topological polar surface area (TPSA) is 69.1 Å². The summed E-state index contributed by atoms with van der Waals surface area (Å²) >= 11 is 16.0. The third-order valence-corrected chi connectivity index (χ3v) is 5.02. The highest BCUT2D eigenvalue weighted by Crippen LogP contribution is 2.29. The van der Waals surface area contributed by atoms with Crippen molar-refractivity contribution in [1.82, 2.24) is 19.7 Å². The molecule has 0 bridgehead atoms. The van der Waals surface area contributed by atoms with Crippen LogP contribution >= 0.6 is 39.1 Å². The number of halogens is 3. The Morgan fingerprint density at radius 2 is 2.00 bits per heavy atom. The molecule has 0 spiro atoms. The summed E-state index contributed by atoms with van der Waals surface area (Å²) in [6.45, 7) is 5.91. The van der Waals surface area contributed by atoms with Gasteiger partial charge in [-0.25, -0.2) is 19.6 Å². The molecule has 148 valence electrons. The monoisotopic (exact) mass is 491 g/mol. The van der Waals surface area contributed by atoms with Crippen molar-refractivity contribution in [3.63, 3.8) is 0 Å². The van der Waals surface area contributed by atoms with Crippen LogP contribution in [0.1, 0.15) is 19.4 Å². The second-order valence-corrected chi connectivity index (χ2v) is 8.39. The van der Waals surface area contributed by atoms with E-state index in [9.17, 15) is 0 Å². The summed E-state index contributed by atoms with van der Waals surface area (Å²) in [7, 11) is 0. The highest BCUT2D eigenvalue weighted by molar-refractivity contribution is 9.10. The quantitative estimate of drug-likeness (QED) is 0.364. The standard InChI is InChI=1S/C20H16BrCl2N5O/c1-10(2)25-19-13-8-12(22)7-11(3)17(13)26-20(29-19)15-9-16(21)27-28(15)18-14(23)5-4-6-24-18/h4-10H,1-3H3/b25-19-. The smallest absolute Gasteiger partial charge is 0.248 e. The lowest BCUT2D eigenvalue weighted by atomic mass is 10.1. The van der Waals surface area contributed by atoms with Crippen molar-refractivity contribution in [1.29, 1.82) is 0 Å². The maximum Gasteiger partial charge on any atom is 0.248 e. The van der Waals surface area contributed by atoms with Gasteiger partial charge in [0.15, 0.2) is 5.82 Å². The molecule has 3 aromatic heterocycles. The number of rotatable bonds is 3. The Morgan fingerprint density at radius 3 is 2.72 bits per heavy atom. The Morgan fingerprint density at radius 1 is 1.21 bits per heavy atom. The summed E-state index contributed by atoms with van der Waals surface area (Å²) < 4.78 is 8.31. The Labute approximate surface area is 185 Å². The molecule has 0 atom stereocenters. The van der Waals surface area contributed by atoms with Crippen LogP contribution in [-0.4, -0.2) is 25.8 Å². The van der Waals surface area contributed by atoms with Gasteiger partial charge in [0.1, 0.15) is 10.3 Å². The highest BCUT2D eigenvalue weighted by atomic mass is 79.9. The van der Waals surface area contributed by atoms with E-state index in [0.717, 1.165) is 16.5 Å². The normalized spacial score (nSPS) is 12.3. The van der Waals surface area contributed by atoms with Crippen LogP contribution in [0.5, 0.6) is 0 Å². The molecule has 0 radical (unpaired) electrons. The summed E-state index contributed by atoms with van der Waals surface area (Å²) in [5.41, 5.74) is 2.73. The van der Waals surface area contributed by atoms with E-state index in [2.05, 4.69) is 31.0 Å². The molecule has 0 saturated carbocycles. The second-order valence-electron chi connectivity index (χ2n) is 6.74. The van der Waals surface area contributed by atoms with Crippen molar-refractivity contribution in [2.45, 2.75) is 26.8 Å². The fraction of sp³-hybridized carbons (Fsp3) is 0.200. The van der Waals surface area contributed by atoms with Crippen molar-refractivity contribution in [3.05, 3.63) is 62.3 Å². The number of hydrogen-bond acceptors (Lipinski definition) is 5. The van der Waals surface area contributed by atoms with Crippen LogP contribution in [0, 0.1) is 6.92 Å². The minimum Gasteiger partial charge on any atom is -0.418 e. The minimum absolute atomic E-state index is 0.0263. The second kappa shape index (κ2) is 7.89. The van der Waals surface area contributed by atoms with Crippen LogP contribution in [0.2, 0.25) is 10.0 Å². The predicted molar refractivity (Wildman–Crippen MR) is 118 cm³/mol. The zero-order chi connectivity index (χ0) is 20.7. The molecule has 0 unspecified atom stereocenters. The Hall–Kier alpha value is -2.22. The molecule has 0 saturated heterocycles. The molecule has 0 N–H and O–H groups in total. The summed E-state index contributed by atoms with van der Waals surface area (Å²) in [5, 5.41) is 6.28. The first kappa shape index (κ1) is 20.1. The molecule has 0 amide bonds. The number of fused-ring (bicyclic) bond motifs is 1. The van der Waals surface area contributed by atoms with Gasteiger partial charge in [-0.15, -0.1) is 0 Å². The zero-order valence-electron chi connectivity index (χ0n) is 15.8. The fourth-order valence-corrected chi connectivity index (χ4v) is 3.81. The third-order valence-electron chi connectivity index (χ3n) is 4.12. The van der Waals surface area contributed by atoms with Gasteiger partial charge >= 0.3 is 0 Å². The van der Waals surface area contributed by atoms with E-state index < -0.39 is 0 Å². The van der Waals surface area contributed by atoms with E-state index in [0.29, 0.717) is 37.6 Å². The van der Waals surface area contributed by atoms with Gasteiger partial charge in [0.2, 0.25) is 11.4 Å². The van der Waals surface area contributed by atoms with Crippen LogP contribution in [0.25, 0.3) is 28.3 Å². The van der Waals surface area contributed by atoms with Gasteiger partial charge in [-0.1, -0.05) is 23.2 Å². The molecular formula is C20H16BrCl2N5O. The molecule has 0 aliphatic rings. The van der Waals surface area contributed by atoms with E-state index in [4.69, 9.17) is 32.6 Å². The molecule has 3 heterocycles. The lowest BCUT2D eigenvalue weighted by Crippen LogP contribution is -2.11. The van der Waals surface area contributed by atoms with Crippen molar-refractivity contribution < 1.29 is 4.42 Å². The molecule has 0 fully saturated rings. The first-order chi connectivity index (χ1) is 13.8. The van der Waals surface area contributed by atoms with Crippen LogP contribution in [-0.2, 0) is 0 Å². The van der Waals surface area contributed by atoms with Gasteiger partial charge in [-0.05, 0) is 66.5 Å². The largest absolute Gasteiger partial charge is 0.418 e. The first-order valence-electron chi connectivity index (χ1n) is 8.85. The van der Waals surface area contributed by atoms with Crippen molar-refractivity contribution in [3.8, 4) is 17.4 Å². The lowest BCUT2D eigenvalue weighted by molar-refractivity contribution is 0.486. The fourth-order valence-electron chi connectivity index (χ4n) is 2.96. The predicted octanol–water partition coefficient (Wildman–Crippen LogP) is 5.76. The number of pyridine rings is 1. The van der Waals surface area contributed by atoms with E-state index in [1.54, 1.807) is 29.1 Å². The summed E-state index contributed by atoms with van der Waals surface area (Å²) in [4.78, 5) is 13.7. The van der Waals surface area contributed by atoms with Gasteiger partial charge < -0.3 is 4.42 Å². The number of benzene rings is 1. The lowest BCUT2D eigenvalue weighted by Gasteiger charge is -2.09. The molecule has 0 aliphatic carbocycles. The molecule has 0 aliphatic heterocycles. The summed E-state index contributed by atoms with van der Waals surface area (Å²) in [6, 6.07) is 9.01. The van der Waals surface area contributed by atoms with Crippen molar-refractivity contribution >= 4 is 50.0 Å². The van der Waals surface area contributed by atoms with E-state index in [-0.39, 0.29) is 6.04 Å². The summed E-state index contributed by atoms with van der Waals surface area (Å²) in [5.74, 6) is 0.824. The molecular weight excluding hydrogens is 477 g/mol. The number of aryl methyl sites for hydroxylation is 1. The summed E-state index contributed by atoms with van der Waals surface area (Å²) in [6.07, 6.45) is 1.65. The number of nitrogens with zero attached hydrogens (tertiary/aromatic N) is 5. The molecule has 9 heteroatoms. The average molecular weight is 493 g/mol. The van der Waals surface area contributed by atoms with Crippen LogP contribution in [0.15, 0.2) is 50.5 Å². The average Bonchev–Trinajstić information content (AvgIpc) is 3.03. The van der Waals surface area contributed by atoms with E-state index in [1.807, 2.05) is 32.9 Å². The molecule has 1 aromatic carbocycles. The zero-order valence-corrected chi connectivity index (χ0v) is 18.9. The minimum atomic E-state index is 0.0263. The molecule has 4 rings (SSSR count). The van der Waals surface area contributed by atoms with E-state index in [1.165, 1.54) is 0 Å². The van der Waals surface area contributed by atoms with Crippen LogP contribution in [0.3, 0.4) is 0 Å². The maximum atomic E-state index is 6.34. The molecule has 4 aromatic rings. The maximum absolute atomic E-state index is 6.34. The third kappa shape index (κ3) is 3.95. The van der Waals surface area contributed by atoms with Gasteiger partial charge in [0.25, 0.3) is 0 Å². The van der Waals surface area contributed by atoms with Crippen molar-refractivity contribution in [2.24, 2.45) is 4.99 Å². The number of aromatic nitrogens is 4. The van der Waals surface area contributed by atoms with Crippen LogP contribution < -0.4 is 5.55 Å². The van der Waals surface area contributed by atoms with Gasteiger partial charge in [0.05, 0.1) is 15.9 Å². The van der Waals surface area contributed by atoms with Crippen LogP contribution in [0.4, 0.5) is 0 Å². The Kier molecular flexibility index (Phi) is 5.46. The molecule has 29 heavy (non-hydrogen) atoms. The Bertz CT molecular complexity index is 1300. The van der Waals surface area contributed by atoms with Gasteiger partial charge in [-0.3, -0.25) is 0 Å². The SMILES string of the molecule is Cc1cc(Cl)cc2/c(=N/C(C)C)oc(-c3cc(Br)nn3-c3ncccc3Cl)nc12. The first-order valence-corrected chi connectivity index (χ1v) is 10.4. The Balaban J connectivity index is 2.05. The number of hydrogen-bond donors (Lipinski definition) is 0.